The van der Waals surface area contributed by atoms with Crippen LogP contribution in [0.2, 0.25) is 0 Å². The minimum absolute atomic E-state index is 0.201. The lowest BCUT2D eigenvalue weighted by Crippen LogP contribution is -2.34. The number of ether oxygens (including phenoxy) is 2. The van der Waals surface area contributed by atoms with Gasteiger partial charge in [-0.2, -0.15) is 0 Å². The van der Waals surface area contributed by atoms with Crippen molar-refractivity contribution < 1.29 is 19.1 Å². The summed E-state index contributed by atoms with van der Waals surface area (Å²) in [6, 6.07) is 26.4. The van der Waals surface area contributed by atoms with E-state index in [0.717, 1.165) is 44.0 Å². The standard InChI is InChI=1S/C30H26O4/c1-3-34-30(32)29-27(24-11-10-23-16-26(33-2)13-12-21(23)15-24)17-25(18-28(29)31)22-9-8-19-6-4-5-7-20(19)14-22/h4-16,18,27,29H,3,17H2,1-2H3/t27-,29-/m1/s1. The molecule has 4 heteroatoms. The van der Waals surface area contributed by atoms with Gasteiger partial charge < -0.3 is 9.47 Å². The number of methoxy groups -OCH3 is 1. The Hall–Kier alpha value is -3.92. The minimum Gasteiger partial charge on any atom is -0.497 e. The van der Waals surface area contributed by atoms with Gasteiger partial charge in [-0.1, -0.05) is 60.7 Å². The largest absolute Gasteiger partial charge is 0.497 e. The summed E-state index contributed by atoms with van der Waals surface area (Å²) in [6.07, 6.45) is 2.21. The van der Waals surface area contributed by atoms with Gasteiger partial charge in [0.15, 0.2) is 5.78 Å². The Kier molecular flexibility index (Phi) is 5.89. The average molecular weight is 451 g/mol. The summed E-state index contributed by atoms with van der Waals surface area (Å²) < 4.78 is 10.7. The van der Waals surface area contributed by atoms with Crippen molar-refractivity contribution in [1.29, 1.82) is 0 Å². The molecule has 0 N–H and O–H groups in total. The summed E-state index contributed by atoms with van der Waals surface area (Å²) in [4.78, 5) is 26.2. The van der Waals surface area contributed by atoms with Gasteiger partial charge in [-0.15, -0.1) is 0 Å². The van der Waals surface area contributed by atoms with Gasteiger partial charge in [0, 0.05) is 5.92 Å². The molecule has 0 spiro atoms. The number of benzene rings is 4. The average Bonchev–Trinajstić information content (AvgIpc) is 2.87. The molecule has 4 aromatic carbocycles. The van der Waals surface area contributed by atoms with Crippen molar-refractivity contribution in [2.45, 2.75) is 19.3 Å². The zero-order valence-electron chi connectivity index (χ0n) is 19.3. The molecule has 4 aromatic rings. The van der Waals surface area contributed by atoms with E-state index in [4.69, 9.17) is 9.47 Å². The molecule has 1 aliphatic carbocycles. The fraction of sp³-hybridized carbons (Fsp3) is 0.200. The Morgan fingerprint density at radius 2 is 1.59 bits per heavy atom. The normalized spacial score (nSPS) is 18.1. The number of ketones is 1. The number of hydrogen-bond acceptors (Lipinski definition) is 4. The molecule has 0 aliphatic heterocycles. The van der Waals surface area contributed by atoms with Gasteiger partial charge in [0.1, 0.15) is 11.7 Å². The van der Waals surface area contributed by atoms with E-state index < -0.39 is 11.9 Å². The Morgan fingerprint density at radius 3 is 2.38 bits per heavy atom. The molecule has 4 nitrogen and oxygen atoms in total. The van der Waals surface area contributed by atoms with Crippen molar-refractivity contribution in [3.63, 3.8) is 0 Å². The predicted molar refractivity (Wildman–Crippen MR) is 135 cm³/mol. The van der Waals surface area contributed by atoms with Crippen LogP contribution in [0, 0.1) is 5.92 Å². The molecule has 0 fully saturated rings. The topological polar surface area (TPSA) is 52.6 Å². The van der Waals surface area contributed by atoms with Gasteiger partial charge in [0.25, 0.3) is 0 Å². The lowest BCUT2D eigenvalue weighted by atomic mass is 9.73. The fourth-order valence-corrected chi connectivity index (χ4v) is 4.89. The molecule has 2 atom stereocenters. The van der Waals surface area contributed by atoms with Crippen LogP contribution in [0.15, 0.2) is 84.9 Å². The third-order valence-electron chi connectivity index (χ3n) is 6.63. The maximum absolute atomic E-state index is 13.3. The van der Waals surface area contributed by atoms with Gasteiger partial charge in [-0.05, 0) is 75.9 Å². The molecule has 34 heavy (non-hydrogen) atoms. The summed E-state index contributed by atoms with van der Waals surface area (Å²) in [5, 5.41) is 4.36. The Labute approximate surface area is 198 Å². The summed E-state index contributed by atoms with van der Waals surface area (Å²) in [5.41, 5.74) is 2.90. The summed E-state index contributed by atoms with van der Waals surface area (Å²) >= 11 is 0. The molecule has 1 aliphatic rings. The van der Waals surface area contributed by atoms with E-state index in [1.165, 1.54) is 0 Å². The molecule has 170 valence electrons. The van der Waals surface area contributed by atoms with Crippen LogP contribution in [-0.4, -0.2) is 25.5 Å². The minimum atomic E-state index is -0.847. The first-order valence-electron chi connectivity index (χ1n) is 11.6. The van der Waals surface area contributed by atoms with Gasteiger partial charge in [0.05, 0.1) is 13.7 Å². The SMILES string of the molecule is CCOC(=O)[C@H]1C(=O)C=C(c2ccc3ccccc3c2)C[C@@H]1c1ccc2cc(OC)ccc2c1. The zero-order chi connectivity index (χ0) is 23.7. The van der Waals surface area contributed by atoms with Crippen LogP contribution in [0.5, 0.6) is 5.75 Å². The number of allylic oxidation sites excluding steroid dienone is 2. The number of carbonyl (C=O) groups is 2. The summed E-state index contributed by atoms with van der Waals surface area (Å²) in [7, 11) is 1.65. The van der Waals surface area contributed by atoms with Crippen LogP contribution < -0.4 is 4.74 Å². The van der Waals surface area contributed by atoms with E-state index in [1.54, 1.807) is 20.1 Å². The van der Waals surface area contributed by atoms with Crippen molar-refractivity contribution in [3.8, 4) is 5.75 Å². The van der Waals surface area contributed by atoms with Crippen LogP contribution >= 0.6 is 0 Å². The molecule has 0 heterocycles. The second-order valence-corrected chi connectivity index (χ2v) is 8.65. The molecule has 0 saturated heterocycles. The molecular weight excluding hydrogens is 424 g/mol. The molecule has 5 rings (SSSR count). The van der Waals surface area contributed by atoms with E-state index in [1.807, 2.05) is 42.5 Å². The lowest BCUT2D eigenvalue weighted by molar-refractivity contribution is -0.151. The number of hydrogen-bond donors (Lipinski definition) is 0. The number of fused-ring (bicyclic) bond motifs is 2. The molecule has 0 radical (unpaired) electrons. The summed E-state index contributed by atoms with van der Waals surface area (Å²) in [6.45, 7) is 2.01. The zero-order valence-corrected chi connectivity index (χ0v) is 19.3. The highest BCUT2D eigenvalue weighted by atomic mass is 16.5. The Balaban J connectivity index is 1.57. The van der Waals surface area contributed by atoms with E-state index in [9.17, 15) is 9.59 Å². The molecular formula is C30H26O4. The van der Waals surface area contributed by atoms with E-state index in [0.29, 0.717) is 6.42 Å². The highest BCUT2D eigenvalue weighted by Gasteiger charge is 2.39. The van der Waals surface area contributed by atoms with Crippen LogP contribution in [0.4, 0.5) is 0 Å². The molecule has 0 aromatic heterocycles. The number of carbonyl (C=O) groups excluding carboxylic acids is 2. The van der Waals surface area contributed by atoms with Crippen LogP contribution in [0.25, 0.3) is 27.1 Å². The first-order chi connectivity index (χ1) is 16.6. The van der Waals surface area contributed by atoms with E-state index in [2.05, 4.69) is 36.4 Å². The first kappa shape index (κ1) is 21.9. The van der Waals surface area contributed by atoms with E-state index in [-0.39, 0.29) is 18.3 Å². The molecule has 0 amide bonds. The fourth-order valence-electron chi connectivity index (χ4n) is 4.89. The third-order valence-corrected chi connectivity index (χ3v) is 6.63. The van der Waals surface area contributed by atoms with Crippen molar-refractivity contribution in [2.75, 3.05) is 13.7 Å². The Bertz CT molecular complexity index is 1430. The van der Waals surface area contributed by atoms with Crippen LogP contribution in [0.3, 0.4) is 0 Å². The van der Waals surface area contributed by atoms with Crippen molar-refractivity contribution >= 4 is 38.9 Å². The highest BCUT2D eigenvalue weighted by Crippen LogP contribution is 2.41. The quantitative estimate of drug-likeness (QED) is 0.264. The first-order valence-corrected chi connectivity index (χ1v) is 11.6. The smallest absolute Gasteiger partial charge is 0.317 e. The Morgan fingerprint density at radius 1 is 0.882 bits per heavy atom. The van der Waals surface area contributed by atoms with Crippen molar-refractivity contribution in [1.82, 2.24) is 0 Å². The van der Waals surface area contributed by atoms with E-state index >= 15 is 0 Å². The maximum Gasteiger partial charge on any atom is 0.317 e. The lowest BCUT2D eigenvalue weighted by Gasteiger charge is -2.30. The van der Waals surface area contributed by atoms with Crippen LogP contribution in [0.1, 0.15) is 30.4 Å². The van der Waals surface area contributed by atoms with Gasteiger partial charge in [-0.25, -0.2) is 0 Å². The molecule has 0 unspecified atom stereocenters. The van der Waals surface area contributed by atoms with Gasteiger partial charge in [0.2, 0.25) is 0 Å². The predicted octanol–water partition coefficient (Wildman–Crippen LogP) is 6.32. The summed E-state index contributed by atoms with van der Waals surface area (Å²) in [5.74, 6) is -1.02. The molecule has 0 bridgehead atoms. The second-order valence-electron chi connectivity index (χ2n) is 8.65. The third kappa shape index (κ3) is 4.08. The number of rotatable bonds is 5. The van der Waals surface area contributed by atoms with Gasteiger partial charge >= 0.3 is 5.97 Å². The van der Waals surface area contributed by atoms with Crippen molar-refractivity contribution in [3.05, 3.63) is 96.1 Å². The monoisotopic (exact) mass is 450 g/mol. The maximum atomic E-state index is 13.3. The van der Waals surface area contributed by atoms with Crippen molar-refractivity contribution in [2.24, 2.45) is 5.92 Å². The number of esters is 1. The van der Waals surface area contributed by atoms with Gasteiger partial charge in [-0.3, -0.25) is 9.59 Å². The van der Waals surface area contributed by atoms with Crippen LogP contribution in [-0.2, 0) is 14.3 Å². The molecule has 0 saturated carbocycles. The second kappa shape index (κ2) is 9.14. The highest BCUT2D eigenvalue weighted by molar-refractivity contribution is 6.11.